The van der Waals surface area contributed by atoms with Crippen LogP contribution in [0.3, 0.4) is 0 Å². The normalized spacial score (nSPS) is 20.4. The van der Waals surface area contributed by atoms with E-state index in [4.69, 9.17) is 0 Å². The topological polar surface area (TPSA) is 83.8 Å². The molecule has 1 unspecified atom stereocenters. The molecule has 0 spiro atoms. The van der Waals surface area contributed by atoms with Crippen LogP contribution < -0.4 is 4.90 Å². The third kappa shape index (κ3) is 2.32. The molecule has 1 atom stereocenters. The number of non-ortho nitro benzene ring substituents is 1. The standard InChI is InChI=1S/C15H17N3O4/c1-2-16-9-11(7-14(16)19)15(20)17-6-5-10-3-4-12(18(21)22)8-13(10)17/h3-4,8,11H,2,5-7,9H2,1H3. The Morgan fingerprint density at radius 1 is 1.45 bits per heavy atom. The lowest BCUT2D eigenvalue weighted by atomic mass is 10.1. The van der Waals surface area contributed by atoms with Crippen molar-refractivity contribution in [3.8, 4) is 0 Å². The number of anilines is 1. The van der Waals surface area contributed by atoms with Gasteiger partial charge in [-0.25, -0.2) is 0 Å². The lowest BCUT2D eigenvalue weighted by molar-refractivity contribution is -0.384. The summed E-state index contributed by atoms with van der Waals surface area (Å²) in [5.41, 5.74) is 1.54. The van der Waals surface area contributed by atoms with Crippen molar-refractivity contribution in [1.29, 1.82) is 0 Å². The number of hydrogen-bond donors (Lipinski definition) is 0. The van der Waals surface area contributed by atoms with Crippen molar-refractivity contribution in [2.24, 2.45) is 5.92 Å². The molecule has 1 aromatic rings. The van der Waals surface area contributed by atoms with Crippen LogP contribution in [0.1, 0.15) is 18.9 Å². The Bertz CT molecular complexity index is 658. The molecule has 0 bridgehead atoms. The van der Waals surface area contributed by atoms with Crippen molar-refractivity contribution in [1.82, 2.24) is 4.90 Å². The first-order valence-corrected chi connectivity index (χ1v) is 7.37. The quantitative estimate of drug-likeness (QED) is 0.623. The molecule has 0 saturated carbocycles. The molecule has 0 radical (unpaired) electrons. The van der Waals surface area contributed by atoms with Gasteiger partial charge in [0.15, 0.2) is 0 Å². The Hall–Kier alpha value is -2.44. The van der Waals surface area contributed by atoms with Gasteiger partial charge in [-0.1, -0.05) is 6.07 Å². The van der Waals surface area contributed by atoms with E-state index >= 15 is 0 Å². The number of likely N-dealkylation sites (tertiary alicyclic amines) is 1. The summed E-state index contributed by atoms with van der Waals surface area (Å²) in [6.07, 6.45) is 0.921. The van der Waals surface area contributed by atoms with Gasteiger partial charge in [0.1, 0.15) is 0 Å². The van der Waals surface area contributed by atoms with Crippen molar-refractivity contribution in [3.63, 3.8) is 0 Å². The molecule has 1 aromatic carbocycles. The smallest absolute Gasteiger partial charge is 0.271 e. The van der Waals surface area contributed by atoms with Gasteiger partial charge < -0.3 is 9.80 Å². The fourth-order valence-electron chi connectivity index (χ4n) is 3.17. The third-order valence-corrected chi connectivity index (χ3v) is 4.39. The van der Waals surface area contributed by atoms with E-state index in [0.717, 1.165) is 5.56 Å². The second-order valence-electron chi connectivity index (χ2n) is 5.64. The number of benzene rings is 1. The number of carbonyl (C=O) groups is 2. The van der Waals surface area contributed by atoms with Gasteiger partial charge in [-0.05, 0) is 18.9 Å². The molecule has 22 heavy (non-hydrogen) atoms. The zero-order valence-corrected chi connectivity index (χ0v) is 12.3. The number of carbonyl (C=O) groups excluding carboxylic acids is 2. The maximum absolute atomic E-state index is 12.7. The minimum Gasteiger partial charge on any atom is -0.342 e. The summed E-state index contributed by atoms with van der Waals surface area (Å²) in [5.74, 6) is -0.458. The average molecular weight is 303 g/mol. The third-order valence-electron chi connectivity index (χ3n) is 4.39. The van der Waals surface area contributed by atoms with Crippen molar-refractivity contribution in [3.05, 3.63) is 33.9 Å². The Morgan fingerprint density at radius 2 is 2.23 bits per heavy atom. The highest BCUT2D eigenvalue weighted by Gasteiger charge is 2.38. The summed E-state index contributed by atoms with van der Waals surface area (Å²) in [6, 6.07) is 4.62. The zero-order chi connectivity index (χ0) is 15.9. The van der Waals surface area contributed by atoms with Gasteiger partial charge in [0.05, 0.1) is 16.5 Å². The highest BCUT2D eigenvalue weighted by atomic mass is 16.6. The second kappa shape index (κ2) is 5.40. The van der Waals surface area contributed by atoms with Crippen molar-refractivity contribution < 1.29 is 14.5 Å². The van der Waals surface area contributed by atoms with Crippen LogP contribution in [-0.4, -0.2) is 41.3 Å². The molecular weight excluding hydrogens is 286 g/mol. The number of hydrogen-bond acceptors (Lipinski definition) is 4. The Balaban J connectivity index is 1.84. The molecule has 1 saturated heterocycles. The molecule has 0 aliphatic carbocycles. The summed E-state index contributed by atoms with van der Waals surface area (Å²) in [6.45, 7) is 3.45. The van der Waals surface area contributed by atoms with Crippen molar-refractivity contribution in [2.45, 2.75) is 19.8 Å². The molecule has 116 valence electrons. The van der Waals surface area contributed by atoms with Crippen LogP contribution in [0.5, 0.6) is 0 Å². The number of fused-ring (bicyclic) bond motifs is 1. The van der Waals surface area contributed by atoms with Gasteiger partial charge in [-0.2, -0.15) is 0 Å². The van der Waals surface area contributed by atoms with Gasteiger partial charge >= 0.3 is 0 Å². The van der Waals surface area contributed by atoms with Gasteiger partial charge in [0.2, 0.25) is 11.8 Å². The fourth-order valence-corrected chi connectivity index (χ4v) is 3.17. The summed E-state index contributed by atoms with van der Waals surface area (Å²) in [4.78, 5) is 38.2. The summed E-state index contributed by atoms with van der Waals surface area (Å²) >= 11 is 0. The van der Waals surface area contributed by atoms with Crippen LogP contribution in [0.4, 0.5) is 11.4 Å². The molecule has 1 fully saturated rings. The van der Waals surface area contributed by atoms with E-state index in [0.29, 0.717) is 31.7 Å². The van der Waals surface area contributed by atoms with E-state index in [1.807, 2.05) is 6.92 Å². The number of nitrogens with zero attached hydrogens (tertiary/aromatic N) is 3. The summed E-state index contributed by atoms with van der Waals surface area (Å²) < 4.78 is 0. The second-order valence-corrected chi connectivity index (χ2v) is 5.64. The van der Waals surface area contributed by atoms with Gasteiger partial charge in [-0.3, -0.25) is 19.7 Å². The molecule has 0 N–H and O–H groups in total. The molecular formula is C15H17N3O4. The lowest BCUT2D eigenvalue weighted by Gasteiger charge is -2.21. The van der Waals surface area contributed by atoms with E-state index < -0.39 is 4.92 Å². The maximum Gasteiger partial charge on any atom is 0.271 e. The minimum atomic E-state index is -0.459. The number of nitro groups is 1. The molecule has 2 aliphatic heterocycles. The van der Waals surface area contributed by atoms with E-state index in [2.05, 4.69) is 0 Å². The SMILES string of the molecule is CCN1CC(C(=O)N2CCc3ccc([N+](=O)[O-])cc32)CC1=O. The summed E-state index contributed by atoms with van der Waals surface area (Å²) in [7, 11) is 0. The predicted molar refractivity (Wildman–Crippen MR) is 79.5 cm³/mol. The van der Waals surface area contributed by atoms with E-state index in [1.165, 1.54) is 12.1 Å². The fraction of sp³-hybridized carbons (Fsp3) is 0.467. The molecule has 7 heteroatoms. The lowest BCUT2D eigenvalue weighted by Crippen LogP contribution is -2.36. The highest BCUT2D eigenvalue weighted by molar-refractivity contribution is 6.00. The molecule has 2 heterocycles. The summed E-state index contributed by atoms with van der Waals surface area (Å²) in [5, 5.41) is 10.9. The molecule has 3 rings (SSSR count). The maximum atomic E-state index is 12.7. The monoisotopic (exact) mass is 303 g/mol. The first kappa shape index (κ1) is 14.5. The Morgan fingerprint density at radius 3 is 2.86 bits per heavy atom. The van der Waals surface area contributed by atoms with Gasteiger partial charge in [0, 0.05) is 38.2 Å². The van der Waals surface area contributed by atoms with Crippen LogP contribution in [-0.2, 0) is 16.0 Å². The molecule has 0 aromatic heterocycles. The van der Waals surface area contributed by atoms with Crippen LogP contribution in [0.2, 0.25) is 0 Å². The minimum absolute atomic E-state index is 0.000636. The highest BCUT2D eigenvalue weighted by Crippen LogP contribution is 2.33. The first-order valence-electron chi connectivity index (χ1n) is 7.37. The van der Waals surface area contributed by atoms with Crippen molar-refractivity contribution in [2.75, 3.05) is 24.5 Å². The Kier molecular flexibility index (Phi) is 3.56. The van der Waals surface area contributed by atoms with Crippen molar-refractivity contribution >= 4 is 23.2 Å². The molecule has 7 nitrogen and oxygen atoms in total. The number of amides is 2. The van der Waals surface area contributed by atoms with E-state index in [9.17, 15) is 19.7 Å². The van der Waals surface area contributed by atoms with Crippen LogP contribution in [0.25, 0.3) is 0 Å². The zero-order valence-electron chi connectivity index (χ0n) is 12.3. The molecule has 2 aliphatic rings. The van der Waals surface area contributed by atoms with Crippen LogP contribution >= 0.6 is 0 Å². The largest absolute Gasteiger partial charge is 0.342 e. The van der Waals surface area contributed by atoms with E-state index in [1.54, 1.807) is 15.9 Å². The van der Waals surface area contributed by atoms with Crippen LogP contribution in [0, 0.1) is 16.0 Å². The van der Waals surface area contributed by atoms with Gasteiger partial charge in [0.25, 0.3) is 5.69 Å². The number of nitro benzene ring substituents is 1. The molecule has 2 amide bonds. The van der Waals surface area contributed by atoms with E-state index in [-0.39, 0.29) is 29.8 Å². The Labute approximate surface area is 127 Å². The number of rotatable bonds is 3. The first-order chi connectivity index (χ1) is 10.5. The van der Waals surface area contributed by atoms with Gasteiger partial charge in [-0.15, -0.1) is 0 Å². The predicted octanol–water partition coefficient (Wildman–Crippen LogP) is 1.35. The average Bonchev–Trinajstić information content (AvgIpc) is 3.09. The van der Waals surface area contributed by atoms with Crippen LogP contribution in [0.15, 0.2) is 18.2 Å².